The van der Waals surface area contributed by atoms with Gasteiger partial charge in [0.15, 0.2) is 0 Å². The molecule has 0 aromatic heterocycles. The van der Waals surface area contributed by atoms with Crippen LogP contribution in [0, 0.1) is 0 Å². The maximum atomic E-state index is 13.8. The molecular weight excluding hydrogens is 473 g/mol. The molecule has 0 saturated heterocycles. The molecule has 2 aliphatic rings. The molecule has 1 aliphatic heterocycles. The predicted molar refractivity (Wildman–Crippen MR) is 129 cm³/mol. The number of oxime groups is 1. The summed E-state index contributed by atoms with van der Waals surface area (Å²) in [4.78, 5) is 16.1. The van der Waals surface area contributed by atoms with Crippen LogP contribution in [0.25, 0.3) is 0 Å². The summed E-state index contributed by atoms with van der Waals surface area (Å²) in [5.41, 5.74) is 2.66. The third kappa shape index (κ3) is 6.78. The van der Waals surface area contributed by atoms with Crippen molar-refractivity contribution in [2.24, 2.45) is 5.16 Å². The molecule has 0 radical (unpaired) electrons. The number of rotatable bonds is 9. The number of hydrogen-bond acceptors (Lipinski definition) is 5. The van der Waals surface area contributed by atoms with Crippen molar-refractivity contribution in [2.75, 3.05) is 13.2 Å². The van der Waals surface area contributed by atoms with Gasteiger partial charge < -0.3 is 20.0 Å². The van der Waals surface area contributed by atoms with E-state index in [9.17, 15) is 18.0 Å². The van der Waals surface area contributed by atoms with Gasteiger partial charge in [-0.2, -0.15) is 13.2 Å². The lowest BCUT2D eigenvalue weighted by Gasteiger charge is -2.25. The molecule has 0 unspecified atom stereocenters. The molecule has 0 spiro atoms. The number of aliphatic carboxylic acids is 1. The number of carbonyl (C=O) groups is 1. The fourth-order valence-corrected chi connectivity index (χ4v) is 4.84. The van der Waals surface area contributed by atoms with Crippen LogP contribution in [-0.2, 0) is 29.0 Å². The van der Waals surface area contributed by atoms with Gasteiger partial charge in [0.1, 0.15) is 12.4 Å². The molecule has 4 rings (SSSR count). The van der Waals surface area contributed by atoms with Crippen LogP contribution in [0.5, 0.6) is 5.75 Å². The number of fused-ring (bicyclic) bond motifs is 1. The smallest absolute Gasteiger partial charge is 0.416 e. The second-order valence-corrected chi connectivity index (χ2v) is 9.32. The lowest BCUT2D eigenvalue weighted by atomic mass is 9.81. The number of benzene rings is 2. The highest BCUT2D eigenvalue weighted by atomic mass is 19.4. The number of carboxylic acid groups (broad SMARTS) is 1. The highest BCUT2D eigenvalue weighted by Gasteiger charge is 2.35. The van der Waals surface area contributed by atoms with Crippen LogP contribution < -0.4 is 10.1 Å². The van der Waals surface area contributed by atoms with Crippen LogP contribution >= 0.6 is 0 Å². The van der Waals surface area contributed by atoms with Crippen molar-refractivity contribution >= 4 is 11.7 Å². The minimum absolute atomic E-state index is 0.0402. The molecule has 6 nitrogen and oxygen atoms in total. The first-order valence-electron chi connectivity index (χ1n) is 12.4. The number of nitrogens with zero attached hydrogens (tertiary/aromatic N) is 1. The van der Waals surface area contributed by atoms with Crippen molar-refractivity contribution in [3.05, 3.63) is 64.2 Å². The number of halogens is 3. The van der Waals surface area contributed by atoms with E-state index in [4.69, 9.17) is 14.7 Å². The number of alkyl halides is 3. The van der Waals surface area contributed by atoms with Crippen LogP contribution in [0.2, 0.25) is 0 Å². The van der Waals surface area contributed by atoms with Gasteiger partial charge in [0.2, 0.25) is 0 Å². The highest BCUT2D eigenvalue weighted by molar-refractivity contribution is 6.03. The van der Waals surface area contributed by atoms with Crippen LogP contribution in [0.15, 0.2) is 41.6 Å². The third-order valence-electron chi connectivity index (χ3n) is 6.67. The molecule has 2 N–H and O–H groups in total. The average molecular weight is 505 g/mol. The van der Waals surface area contributed by atoms with E-state index < -0.39 is 17.7 Å². The second kappa shape index (κ2) is 11.8. The van der Waals surface area contributed by atoms with E-state index in [0.717, 1.165) is 43.2 Å². The molecule has 2 aromatic carbocycles. The summed E-state index contributed by atoms with van der Waals surface area (Å²) in [5, 5.41) is 16.0. The minimum Gasteiger partial charge on any atom is -0.492 e. The molecule has 0 amide bonds. The topological polar surface area (TPSA) is 80.2 Å². The summed E-state index contributed by atoms with van der Waals surface area (Å²) < 4.78 is 47.2. The summed E-state index contributed by atoms with van der Waals surface area (Å²) in [5.74, 6) is -0.245. The average Bonchev–Trinajstić information content (AvgIpc) is 2.86. The van der Waals surface area contributed by atoms with Crippen molar-refractivity contribution in [3.8, 4) is 5.75 Å². The highest BCUT2D eigenvalue weighted by Crippen LogP contribution is 2.41. The Kier molecular flexibility index (Phi) is 8.51. The van der Waals surface area contributed by atoms with E-state index in [0.29, 0.717) is 48.7 Å². The maximum Gasteiger partial charge on any atom is 0.416 e. The summed E-state index contributed by atoms with van der Waals surface area (Å²) in [7, 11) is 0. The zero-order chi connectivity index (χ0) is 25.5. The molecule has 0 atom stereocenters. The quantitative estimate of drug-likeness (QED) is 0.322. The molecule has 194 valence electrons. The normalized spacial score (nSPS) is 17.5. The van der Waals surface area contributed by atoms with E-state index in [1.54, 1.807) is 12.1 Å². The fraction of sp³-hybridized carbons (Fsp3) is 0.481. The van der Waals surface area contributed by atoms with Crippen LogP contribution in [0.4, 0.5) is 13.2 Å². The number of carboxylic acids is 1. The maximum absolute atomic E-state index is 13.8. The second-order valence-electron chi connectivity index (χ2n) is 9.32. The SMILES string of the molecule is O=C(O)CCNCc1ccc2c(c1)OCCC2=NOCc1ccc(C2CCCCC2)c(C(F)(F)F)c1. The van der Waals surface area contributed by atoms with Crippen LogP contribution in [0.3, 0.4) is 0 Å². The Morgan fingerprint density at radius 3 is 2.64 bits per heavy atom. The van der Waals surface area contributed by atoms with E-state index in [2.05, 4.69) is 10.5 Å². The Balaban J connectivity index is 1.41. The van der Waals surface area contributed by atoms with E-state index in [-0.39, 0.29) is 18.9 Å². The van der Waals surface area contributed by atoms with Gasteiger partial charge >= 0.3 is 12.1 Å². The Hall–Kier alpha value is -3.07. The largest absolute Gasteiger partial charge is 0.492 e. The zero-order valence-electron chi connectivity index (χ0n) is 20.1. The lowest BCUT2D eigenvalue weighted by molar-refractivity contribution is -0.139. The summed E-state index contributed by atoms with van der Waals surface area (Å²) in [6.45, 7) is 1.23. The molecule has 2 aromatic rings. The summed E-state index contributed by atoms with van der Waals surface area (Å²) in [6.07, 6.45) is 0.789. The zero-order valence-corrected chi connectivity index (χ0v) is 20.1. The van der Waals surface area contributed by atoms with Gasteiger partial charge in [0.25, 0.3) is 0 Å². The number of hydrogen-bond donors (Lipinski definition) is 2. The molecule has 1 fully saturated rings. The van der Waals surface area contributed by atoms with Crippen molar-refractivity contribution in [3.63, 3.8) is 0 Å². The summed E-state index contributed by atoms with van der Waals surface area (Å²) >= 11 is 0. The fourth-order valence-electron chi connectivity index (χ4n) is 4.84. The van der Waals surface area contributed by atoms with E-state index in [1.807, 2.05) is 18.2 Å². The van der Waals surface area contributed by atoms with E-state index >= 15 is 0 Å². The van der Waals surface area contributed by atoms with Crippen molar-refractivity contribution in [1.82, 2.24) is 5.32 Å². The van der Waals surface area contributed by atoms with Gasteiger partial charge in [-0.05, 0) is 53.6 Å². The Bertz CT molecular complexity index is 1090. The van der Waals surface area contributed by atoms with Crippen molar-refractivity contribution in [2.45, 2.75) is 70.2 Å². The molecule has 9 heteroatoms. The van der Waals surface area contributed by atoms with Gasteiger partial charge in [-0.15, -0.1) is 0 Å². The first kappa shape index (κ1) is 26.0. The monoisotopic (exact) mass is 504 g/mol. The van der Waals surface area contributed by atoms with Gasteiger partial charge in [0.05, 0.1) is 24.3 Å². The Morgan fingerprint density at radius 2 is 1.89 bits per heavy atom. The Labute approximate surface area is 208 Å². The minimum atomic E-state index is -4.41. The standard InChI is InChI=1S/C27H31F3N2O4/c28-27(29,30)23-14-19(7-8-21(23)20-4-2-1-3-5-20)17-36-32-24-11-13-35-25-15-18(6-9-22(24)25)16-31-12-10-26(33)34/h6-9,14-15,20,31H,1-5,10-13,16-17H2,(H,33,34). The van der Waals surface area contributed by atoms with Gasteiger partial charge in [0, 0.05) is 25.1 Å². The first-order valence-corrected chi connectivity index (χ1v) is 12.4. The number of ether oxygens (including phenoxy) is 1. The summed E-state index contributed by atoms with van der Waals surface area (Å²) in [6, 6.07) is 10.2. The van der Waals surface area contributed by atoms with E-state index in [1.165, 1.54) is 6.07 Å². The molecule has 1 saturated carbocycles. The Morgan fingerprint density at radius 1 is 1.11 bits per heavy atom. The van der Waals surface area contributed by atoms with Gasteiger partial charge in [-0.1, -0.05) is 42.6 Å². The molecule has 1 heterocycles. The van der Waals surface area contributed by atoms with Crippen LogP contribution in [-0.4, -0.2) is 29.9 Å². The van der Waals surface area contributed by atoms with Crippen LogP contribution in [0.1, 0.15) is 78.7 Å². The predicted octanol–water partition coefficient (Wildman–Crippen LogP) is 6.02. The van der Waals surface area contributed by atoms with Crippen molar-refractivity contribution in [1.29, 1.82) is 0 Å². The third-order valence-corrected chi connectivity index (χ3v) is 6.67. The van der Waals surface area contributed by atoms with Gasteiger partial charge in [-0.3, -0.25) is 4.79 Å². The lowest BCUT2D eigenvalue weighted by Crippen LogP contribution is -2.19. The molecular formula is C27H31F3N2O4. The molecule has 0 bridgehead atoms. The van der Waals surface area contributed by atoms with Gasteiger partial charge in [-0.25, -0.2) is 0 Å². The first-order chi connectivity index (χ1) is 17.3. The van der Waals surface area contributed by atoms with Crippen molar-refractivity contribution < 1.29 is 32.6 Å². The number of nitrogens with one attached hydrogen (secondary N) is 1. The molecule has 1 aliphatic carbocycles. The molecule has 36 heavy (non-hydrogen) atoms.